The van der Waals surface area contributed by atoms with Gasteiger partial charge in [0.1, 0.15) is 11.7 Å². The molecule has 1 aliphatic heterocycles. The van der Waals surface area contributed by atoms with E-state index in [0.29, 0.717) is 19.4 Å². The summed E-state index contributed by atoms with van der Waals surface area (Å²) >= 11 is 0. The van der Waals surface area contributed by atoms with Crippen LogP contribution in [0.25, 0.3) is 0 Å². The molecule has 1 aliphatic rings. The Bertz CT molecular complexity index is 638. The second-order valence-corrected chi connectivity index (χ2v) is 6.43. The summed E-state index contributed by atoms with van der Waals surface area (Å²) in [4.78, 5) is 22.7. The monoisotopic (exact) mass is 302 g/mol. The lowest BCUT2D eigenvalue weighted by molar-refractivity contribution is -0.119. The molecule has 0 saturated carbocycles. The van der Waals surface area contributed by atoms with Gasteiger partial charge in [0.15, 0.2) is 5.82 Å². The number of amides is 1. The quantitative estimate of drug-likeness (QED) is 0.685. The van der Waals surface area contributed by atoms with Gasteiger partial charge in [-0.3, -0.25) is 9.89 Å². The van der Waals surface area contributed by atoms with Crippen molar-refractivity contribution in [2.24, 2.45) is 0 Å². The van der Waals surface area contributed by atoms with Crippen molar-refractivity contribution in [3.05, 3.63) is 11.8 Å². The number of carbonyl (C=O) groups is 2. The highest BCUT2D eigenvalue weighted by Crippen LogP contribution is 2.21. The molecule has 1 fully saturated rings. The van der Waals surface area contributed by atoms with E-state index in [-0.39, 0.29) is 11.5 Å². The fourth-order valence-electron chi connectivity index (χ4n) is 2.10. The minimum Gasteiger partial charge on any atom is -0.477 e. The maximum atomic E-state index is 12.0. The number of carboxylic acids is 1. The Hall–Kier alpha value is -1.94. The SMILES string of the molecule is CS(=O)(=O)N1CCCC1C(=O)Nc1cc(C(=O)O)[nH]n1. The number of carbonyl (C=O) groups excluding carboxylic acids is 1. The first-order valence-corrected chi connectivity index (χ1v) is 7.70. The van der Waals surface area contributed by atoms with E-state index < -0.39 is 27.9 Å². The van der Waals surface area contributed by atoms with Crippen molar-refractivity contribution in [3.63, 3.8) is 0 Å². The second-order valence-electron chi connectivity index (χ2n) is 4.49. The third-order valence-electron chi connectivity index (χ3n) is 2.99. The second kappa shape index (κ2) is 5.21. The Morgan fingerprint density at radius 2 is 2.25 bits per heavy atom. The predicted molar refractivity (Wildman–Crippen MR) is 68.7 cm³/mol. The van der Waals surface area contributed by atoms with E-state index in [1.165, 1.54) is 6.07 Å². The van der Waals surface area contributed by atoms with Crippen molar-refractivity contribution in [1.29, 1.82) is 0 Å². The minimum absolute atomic E-state index is 0.0488. The third kappa shape index (κ3) is 2.96. The largest absolute Gasteiger partial charge is 0.477 e. The van der Waals surface area contributed by atoms with Crippen molar-refractivity contribution in [2.45, 2.75) is 18.9 Å². The standard InChI is InChI=1S/C10H14N4O5S/c1-20(18,19)14-4-2-3-7(14)9(15)11-8-5-6(10(16)17)12-13-8/h5,7H,2-4H2,1H3,(H,16,17)(H2,11,12,13,15). The molecule has 2 heterocycles. The van der Waals surface area contributed by atoms with Crippen LogP contribution in [0.3, 0.4) is 0 Å². The van der Waals surface area contributed by atoms with Crippen LogP contribution in [0.15, 0.2) is 6.07 Å². The lowest BCUT2D eigenvalue weighted by atomic mass is 10.2. The van der Waals surface area contributed by atoms with Gasteiger partial charge in [0, 0.05) is 12.6 Å². The molecule has 2 rings (SSSR count). The molecule has 3 N–H and O–H groups in total. The summed E-state index contributed by atoms with van der Waals surface area (Å²) in [5, 5.41) is 17.0. The molecule has 1 saturated heterocycles. The Kier molecular flexibility index (Phi) is 3.77. The van der Waals surface area contributed by atoms with Gasteiger partial charge < -0.3 is 10.4 Å². The number of H-pyrrole nitrogens is 1. The van der Waals surface area contributed by atoms with Crippen LogP contribution >= 0.6 is 0 Å². The zero-order chi connectivity index (χ0) is 14.9. The highest BCUT2D eigenvalue weighted by atomic mass is 32.2. The average molecular weight is 302 g/mol. The van der Waals surface area contributed by atoms with E-state index in [9.17, 15) is 18.0 Å². The zero-order valence-electron chi connectivity index (χ0n) is 10.7. The molecular formula is C10H14N4O5S. The van der Waals surface area contributed by atoms with Crippen LogP contribution in [0, 0.1) is 0 Å². The molecule has 1 amide bonds. The van der Waals surface area contributed by atoms with Crippen LogP contribution < -0.4 is 5.32 Å². The number of nitrogens with one attached hydrogen (secondary N) is 2. The van der Waals surface area contributed by atoms with Crippen molar-refractivity contribution >= 4 is 27.7 Å². The van der Waals surface area contributed by atoms with Crippen molar-refractivity contribution in [3.8, 4) is 0 Å². The molecule has 0 radical (unpaired) electrons. The van der Waals surface area contributed by atoms with Crippen molar-refractivity contribution < 1.29 is 23.1 Å². The van der Waals surface area contributed by atoms with Crippen molar-refractivity contribution in [2.75, 3.05) is 18.1 Å². The number of aromatic nitrogens is 2. The highest BCUT2D eigenvalue weighted by molar-refractivity contribution is 7.88. The third-order valence-corrected chi connectivity index (χ3v) is 4.28. The summed E-state index contributed by atoms with van der Waals surface area (Å²) in [6.07, 6.45) is 2.08. The molecule has 10 heteroatoms. The molecule has 110 valence electrons. The number of rotatable bonds is 4. The summed E-state index contributed by atoms with van der Waals surface area (Å²) in [6.45, 7) is 0.303. The van der Waals surface area contributed by atoms with E-state index in [4.69, 9.17) is 5.11 Å². The number of carboxylic acid groups (broad SMARTS) is 1. The fourth-order valence-corrected chi connectivity index (χ4v) is 3.23. The molecule has 0 bridgehead atoms. The van der Waals surface area contributed by atoms with Gasteiger partial charge in [0.05, 0.1) is 6.26 Å². The van der Waals surface area contributed by atoms with Gasteiger partial charge in [-0.15, -0.1) is 0 Å². The number of aromatic carboxylic acids is 1. The highest BCUT2D eigenvalue weighted by Gasteiger charge is 2.36. The van der Waals surface area contributed by atoms with E-state index in [0.717, 1.165) is 10.6 Å². The zero-order valence-corrected chi connectivity index (χ0v) is 11.5. The minimum atomic E-state index is -3.45. The van der Waals surface area contributed by atoms with Crippen molar-refractivity contribution in [1.82, 2.24) is 14.5 Å². The molecule has 20 heavy (non-hydrogen) atoms. The van der Waals surface area contributed by atoms with Crippen LogP contribution in [0.4, 0.5) is 5.82 Å². The molecular weight excluding hydrogens is 288 g/mol. The summed E-state index contributed by atoms with van der Waals surface area (Å²) in [7, 11) is -3.45. The summed E-state index contributed by atoms with van der Waals surface area (Å²) in [5.74, 6) is -1.67. The molecule has 1 aromatic heterocycles. The topological polar surface area (TPSA) is 132 Å². The molecule has 1 unspecified atom stereocenters. The van der Waals surface area contributed by atoms with Gasteiger partial charge in [-0.2, -0.15) is 9.40 Å². The van der Waals surface area contributed by atoms with Crippen LogP contribution in [-0.2, 0) is 14.8 Å². The molecule has 0 aliphatic carbocycles. The first kappa shape index (κ1) is 14.5. The first-order chi connectivity index (χ1) is 9.29. The van der Waals surface area contributed by atoms with Gasteiger partial charge in [0.2, 0.25) is 15.9 Å². The first-order valence-electron chi connectivity index (χ1n) is 5.85. The van der Waals surface area contributed by atoms with Crippen LogP contribution in [-0.4, -0.2) is 58.7 Å². The van der Waals surface area contributed by atoms with Crippen LogP contribution in [0.1, 0.15) is 23.3 Å². The number of hydrogen-bond acceptors (Lipinski definition) is 5. The Labute approximate surface area is 115 Å². The maximum absolute atomic E-state index is 12.0. The number of anilines is 1. The maximum Gasteiger partial charge on any atom is 0.353 e. The van der Waals surface area contributed by atoms with Crippen LogP contribution in [0.5, 0.6) is 0 Å². The summed E-state index contributed by atoms with van der Waals surface area (Å²) in [5.41, 5.74) is -0.160. The summed E-state index contributed by atoms with van der Waals surface area (Å²) in [6, 6.07) is 0.384. The lowest BCUT2D eigenvalue weighted by Crippen LogP contribution is -2.42. The Morgan fingerprint density at radius 1 is 1.55 bits per heavy atom. The van der Waals surface area contributed by atoms with Gasteiger partial charge in [0.25, 0.3) is 0 Å². The average Bonchev–Trinajstić information content (AvgIpc) is 2.95. The van der Waals surface area contributed by atoms with E-state index in [1.807, 2.05) is 0 Å². The van der Waals surface area contributed by atoms with Gasteiger partial charge in [-0.1, -0.05) is 0 Å². The lowest BCUT2D eigenvalue weighted by Gasteiger charge is -2.20. The molecule has 0 spiro atoms. The Balaban J connectivity index is 2.09. The number of hydrogen-bond donors (Lipinski definition) is 3. The van der Waals surface area contributed by atoms with Gasteiger partial charge >= 0.3 is 5.97 Å². The molecule has 1 aromatic rings. The molecule has 9 nitrogen and oxygen atoms in total. The normalized spacial score (nSPS) is 19.9. The van der Waals surface area contributed by atoms with Gasteiger partial charge in [-0.25, -0.2) is 13.2 Å². The number of nitrogens with zero attached hydrogens (tertiary/aromatic N) is 2. The smallest absolute Gasteiger partial charge is 0.353 e. The van der Waals surface area contributed by atoms with E-state index in [1.54, 1.807) is 0 Å². The van der Waals surface area contributed by atoms with E-state index in [2.05, 4.69) is 15.5 Å². The van der Waals surface area contributed by atoms with Crippen LogP contribution in [0.2, 0.25) is 0 Å². The molecule has 1 atom stereocenters. The molecule has 0 aromatic carbocycles. The number of aromatic amines is 1. The summed E-state index contributed by atoms with van der Waals surface area (Å²) < 4.78 is 24.2. The van der Waals surface area contributed by atoms with E-state index >= 15 is 0 Å². The van der Waals surface area contributed by atoms with Gasteiger partial charge in [-0.05, 0) is 12.8 Å². The number of sulfonamides is 1. The predicted octanol–water partition coefficient (Wildman–Crippen LogP) is -0.530. The Morgan fingerprint density at radius 3 is 2.80 bits per heavy atom. The fraction of sp³-hybridized carbons (Fsp3) is 0.500.